The maximum absolute atomic E-state index is 5.66. The number of methoxy groups -OCH3 is 1. The Kier molecular flexibility index (Phi) is 2.24. The molecular formula is C13H16N2O2. The fraction of sp³-hybridized carbons (Fsp3) is 0.462. The quantitative estimate of drug-likeness (QED) is 0.799. The third-order valence-electron chi connectivity index (χ3n) is 3.63. The van der Waals surface area contributed by atoms with E-state index < -0.39 is 0 Å². The summed E-state index contributed by atoms with van der Waals surface area (Å²) in [5, 5.41) is 0. The number of benzene rings is 1. The highest BCUT2D eigenvalue weighted by Crippen LogP contribution is 2.42. The van der Waals surface area contributed by atoms with Crippen LogP contribution in [0.4, 0.5) is 0 Å². The highest BCUT2D eigenvalue weighted by atomic mass is 16.5. The summed E-state index contributed by atoms with van der Waals surface area (Å²) in [6.45, 7) is 0.568. The summed E-state index contributed by atoms with van der Waals surface area (Å²) in [4.78, 5) is 4.51. The first-order valence-corrected chi connectivity index (χ1v) is 5.89. The Balaban J connectivity index is 2.09. The van der Waals surface area contributed by atoms with Gasteiger partial charge in [0.05, 0.1) is 7.11 Å². The second-order valence-electron chi connectivity index (χ2n) is 4.65. The van der Waals surface area contributed by atoms with Gasteiger partial charge in [-0.3, -0.25) is 0 Å². The molecule has 0 amide bonds. The minimum absolute atomic E-state index is 0.246. The van der Waals surface area contributed by atoms with Crippen LogP contribution in [0.3, 0.4) is 0 Å². The molecule has 1 aromatic rings. The third-order valence-corrected chi connectivity index (χ3v) is 3.63. The van der Waals surface area contributed by atoms with E-state index in [0.717, 1.165) is 25.0 Å². The number of rotatable bonds is 1. The van der Waals surface area contributed by atoms with Crippen LogP contribution >= 0.6 is 0 Å². The summed E-state index contributed by atoms with van der Waals surface area (Å²) in [7, 11) is 1.69. The van der Waals surface area contributed by atoms with E-state index in [2.05, 4.69) is 17.1 Å². The van der Waals surface area contributed by atoms with Gasteiger partial charge in [0.15, 0.2) is 0 Å². The molecule has 1 aliphatic heterocycles. The molecule has 1 aliphatic carbocycles. The molecule has 4 heteroatoms. The van der Waals surface area contributed by atoms with E-state index in [0.29, 0.717) is 12.6 Å². The molecule has 1 atom stereocenters. The molecule has 2 aliphatic rings. The summed E-state index contributed by atoms with van der Waals surface area (Å²) in [5.41, 5.74) is 7.95. The minimum atomic E-state index is -0.246. The van der Waals surface area contributed by atoms with Crippen LogP contribution in [0, 0.1) is 0 Å². The van der Waals surface area contributed by atoms with Gasteiger partial charge in [0, 0.05) is 0 Å². The van der Waals surface area contributed by atoms with Crippen LogP contribution in [0.15, 0.2) is 23.2 Å². The first kappa shape index (κ1) is 10.4. The summed E-state index contributed by atoms with van der Waals surface area (Å²) < 4.78 is 10.6. The van der Waals surface area contributed by atoms with Gasteiger partial charge < -0.3 is 15.2 Å². The van der Waals surface area contributed by atoms with Gasteiger partial charge in [-0.15, -0.1) is 0 Å². The van der Waals surface area contributed by atoms with E-state index in [1.165, 1.54) is 11.1 Å². The fourth-order valence-electron chi connectivity index (χ4n) is 2.80. The fourth-order valence-corrected chi connectivity index (χ4v) is 2.80. The lowest BCUT2D eigenvalue weighted by Crippen LogP contribution is -2.30. The topological polar surface area (TPSA) is 56.8 Å². The van der Waals surface area contributed by atoms with Gasteiger partial charge in [-0.2, -0.15) is 0 Å². The van der Waals surface area contributed by atoms with Crippen molar-refractivity contribution in [3.8, 4) is 5.75 Å². The number of aryl methyl sites for hydroxylation is 1. The standard InChI is InChI=1S/C13H16N2O2/c1-16-10-4-5-11-9(7-10)3-2-6-13(11)8-17-12(14)15-13/h4-5,7H,2-3,6,8H2,1H3,(H2,14,15). The van der Waals surface area contributed by atoms with Gasteiger partial charge in [-0.1, -0.05) is 6.07 Å². The molecule has 0 bridgehead atoms. The number of hydrogen-bond acceptors (Lipinski definition) is 4. The Hall–Kier alpha value is -1.71. The summed E-state index contributed by atoms with van der Waals surface area (Å²) in [6.07, 6.45) is 3.19. The lowest BCUT2D eigenvalue weighted by molar-refractivity contribution is 0.233. The molecule has 17 heavy (non-hydrogen) atoms. The average molecular weight is 232 g/mol. The van der Waals surface area contributed by atoms with Crippen molar-refractivity contribution in [2.24, 2.45) is 10.7 Å². The van der Waals surface area contributed by atoms with Crippen molar-refractivity contribution in [3.63, 3.8) is 0 Å². The first-order valence-electron chi connectivity index (χ1n) is 5.89. The Morgan fingerprint density at radius 2 is 2.35 bits per heavy atom. The van der Waals surface area contributed by atoms with Gasteiger partial charge in [-0.05, 0) is 42.5 Å². The molecule has 1 spiro atoms. The van der Waals surface area contributed by atoms with Crippen LogP contribution < -0.4 is 10.5 Å². The molecule has 1 unspecified atom stereocenters. The molecule has 90 valence electrons. The number of hydrogen-bond donors (Lipinski definition) is 1. The van der Waals surface area contributed by atoms with Crippen molar-refractivity contribution in [3.05, 3.63) is 29.3 Å². The van der Waals surface area contributed by atoms with Gasteiger partial charge in [0.1, 0.15) is 17.9 Å². The third kappa shape index (κ3) is 1.55. The Morgan fingerprint density at radius 3 is 3.06 bits per heavy atom. The average Bonchev–Trinajstić information content (AvgIpc) is 2.71. The van der Waals surface area contributed by atoms with Crippen molar-refractivity contribution < 1.29 is 9.47 Å². The lowest BCUT2D eigenvalue weighted by Gasteiger charge is -2.31. The molecule has 0 saturated carbocycles. The molecule has 0 radical (unpaired) electrons. The van der Waals surface area contributed by atoms with Crippen LogP contribution in [0.2, 0.25) is 0 Å². The van der Waals surface area contributed by atoms with Crippen LogP contribution in [0.25, 0.3) is 0 Å². The van der Waals surface area contributed by atoms with Gasteiger partial charge >= 0.3 is 0 Å². The van der Waals surface area contributed by atoms with E-state index >= 15 is 0 Å². The smallest absolute Gasteiger partial charge is 0.283 e. The zero-order valence-corrected chi connectivity index (χ0v) is 9.90. The molecule has 1 heterocycles. The minimum Gasteiger partial charge on any atom is -0.497 e. The number of nitrogens with two attached hydrogens (primary N) is 1. The van der Waals surface area contributed by atoms with E-state index in [4.69, 9.17) is 15.2 Å². The molecular weight excluding hydrogens is 216 g/mol. The highest BCUT2D eigenvalue weighted by Gasteiger charge is 2.41. The zero-order valence-electron chi connectivity index (χ0n) is 9.90. The highest BCUT2D eigenvalue weighted by molar-refractivity contribution is 5.74. The number of amidine groups is 1. The van der Waals surface area contributed by atoms with Crippen LogP contribution in [0.5, 0.6) is 5.75 Å². The largest absolute Gasteiger partial charge is 0.497 e. The van der Waals surface area contributed by atoms with Gasteiger partial charge in [0.25, 0.3) is 6.02 Å². The Bertz CT molecular complexity index is 484. The van der Waals surface area contributed by atoms with E-state index in [1.807, 2.05) is 6.07 Å². The van der Waals surface area contributed by atoms with E-state index in [9.17, 15) is 0 Å². The Labute approximate surface area is 100 Å². The maximum Gasteiger partial charge on any atom is 0.283 e. The molecule has 0 aromatic heterocycles. The molecule has 3 rings (SSSR count). The monoisotopic (exact) mass is 232 g/mol. The van der Waals surface area contributed by atoms with Gasteiger partial charge in [-0.25, -0.2) is 4.99 Å². The second-order valence-corrected chi connectivity index (χ2v) is 4.65. The number of ether oxygens (including phenoxy) is 2. The molecule has 1 aromatic carbocycles. The number of fused-ring (bicyclic) bond motifs is 2. The molecule has 2 N–H and O–H groups in total. The number of nitrogens with zero attached hydrogens (tertiary/aromatic N) is 1. The predicted molar refractivity (Wildman–Crippen MR) is 65.2 cm³/mol. The molecule has 0 fully saturated rings. The normalized spacial score (nSPS) is 26.3. The summed E-state index contributed by atoms with van der Waals surface area (Å²) >= 11 is 0. The predicted octanol–water partition coefficient (Wildman–Crippen LogP) is 1.57. The van der Waals surface area contributed by atoms with Gasteiger partial charge in [0.2, 0.25) is 0 Å². The second kappa shape index (κ2) is 3.65. The molecule has 0 saturated heterocycles. The van der Waals surface area contributed by atoms with Crippen molar-refractivity contribution in [2.75, 3.05) is 13.7 Å². The van der Waals surface area contributed by atoms with Crippen molar-refractivity contribution >= 4 is 6.02 Å². The van der Waals surface area contributed by atoms with Crippen LogP contribution in [-0.2, 0) is 16.7 Å². The van der Waals surface area contributed by atoms with Crippen molar-refractivity contribution in [1.29, 1.82) is 0 Å². The van der Waals surface area contributed by atoms with Crippen LogP contribution in [-0.4, -0.2) is 19.7 Å². The SMILES string of the molecule is COc1ccc2c(c1)CCCC21COC(N)=N1. The van der Waals surface area contributed by atoms with Crippen molar-refractivity contribution in [2.45, 2.75) is 24.8 Å². The zero-order chi connectivity index (χ0) is 11.9. The summed E-state index contributed by atoms with van der Waals surface area (Å²) in [5.74, 6) is 0.900. The first-order chi connectivity index (χ1) is 8.23. The summed E-state index contributed by atoms with van der Waals surface area (Å²) in [6, 6.07) is 6.49. The maximum atomic E-state index is 5.66. The lowest BCUT2D eigenvalue weighted by atomic mass is 9.77. The van der Waals surface area contributed by atoms with E-state index in [1.54, 1.807) is 7.11 Å². The molecule has 4 nitrogen and oxygen atoms in total. The number of aliphatic imine (C=N–C) groups is 1. The van der Waals surface area contributed by atoms with Crippen LogP contribution in [0.1, 0.15) is 24.0 Å². The van der Waals surface area contributed by atoms with Crippen molar-refractivity contribution in [1.82, 2.24) is 0 Å². The Morgan fingerprint density at radius 1 is 1.47 bits per heavy atom. The van der Waals surface area contributed by atoms with E-state index in [-0.39, 0.29) is 5.54 Å².